The molecule has 136 valence electrons. The van der Waals surface area contributed by atoms with E-state index >= 15 is 0 Å². The van der Waals surface area contributed by atoms with Crippen molar-refractivity contribution in [1.29, 1.82) is 0 Å². The average molecular weight is 366 g/mol. The molecular formula is C17H14N6O4. The molecule has 10 nitrogen and oxygen atoms in total. The van der Waals surface area contributed by atoms with E-state index in [1.54, 1.807) is 24.3 Å². The smallest absolute Gasteiger partial charge is 0.457 e. The van der Waals surface area contributed by atoms with Crippen LogP contribution in [0.4, 0.5) is 5.95 Å². The van der Waals surface area contributed by atoms with Crippen LogP contribution in [0, 0.1) is 10.1 Å². The summed E-state index contributed by atoms with van der Waals surface area (Å²) in [5.74, 6) is 0.275. The van der Waals surface area contributed by atoms with Gasteiger partial charge in [0.05, 0.1) is 6.21 Å². The van der Waals surface area contributed by atoms with Crippen molar-refractivity contribution in [3.8, 4) is 11.5 Å². The van der Waals surface area contributed by atoms with E-state index in [-0.39, 0.29) is 6.54 Å². The van der Waals surface area contributed by atoms with Crippen molar-refractivity contribution in [1.82, 2.24) is 20.2 Å². The lowest BCUT2D eigenvalue weighted by atomic mass is 10.2. The van der Waals surface area contributed by atoms with Gasteiger partial charge >= 0.3 is 5.95 Å². The molecular weight excluding hydrogens is 352 g/mol. The number of nitrogens with one attached hydrogen (secondary N) is 1. The number of carbonyl (C=O) groups excluding carboxylic acids is 1. The summed E-state index contributed by atoms with van der Waals surface area (Å²) in [6.07, 6.45) is 2.56. The molecule has 3 rings (SSSR count). The number of para-hydroxylation sites is 1. The zero-order valence-corrected chi connectivity index (χ0v) is 13.9. The Hall–Kier alpha value is -4.08. The first-order valence-electron chi connectivity index (χ1n) is 7.79. The van der Waals surface area contributed by atoms with Crippen LogP contribution in [0.5, 0.6) is 11.5 Å². The van der Waals surface area contributed by atoms with Gasteiger partial charge in [0.2, 0.25) is 6.33 Å². The predicted molar refractivity (Wildman–Crippen MR) is 95.4 cm³/mol. The molecule has 1 N–H and O–H groups in total. The van der Waals surface area contributed by atoms with Crippen LogP contribution in [0.3, 0.4) is 0 Å². The highest BCUT2D eigenvalue weighted by molar-refractivity contribution is 5.82. The zero-order valence-electron chi connectivity index (χ0n) is 13.9. The maximum Gasteiger partial charge on any atom is 0.490 e. The number of aromatic nitrogens is 3. The lowest BCUT2D eigenvalue weighted by molar-refractivity contribution is -0.394. The van der Waals surface area contributed by atoms with Crippen LogP contribution < -0.4 is 10.2 Å². The molecule has 0 spiro atoms. The second-order valence-electron chi connectivity index (χ2n) is 5.28. The lowest BCUT2D eigenvalue weighted by Crippen LogP contribution is -2.23. The molecule has 0 saturated heterocycles. The zero-order chi connectivity index (χ0) is 19.1. The second-order valence-corrected chi connectivity index (χ2v) is 5.28. The quantitative estimate of drug-likeness (QED) is 0.388. The van der Waals surface area contributed by atoms with Crippen LogP contribution in [0.25, 0.3) is 0 Å². The molecule has 0 unspecified atom stereocenters. The Morgan fingerprint density at radius 2 is 2.00 bits per heavy atom. The number of nitrogens with zero attached hydrogens (tertiary/aromatic N) is 5. The number of ether oxygens (including phenoxy) is 1. The van der Waals surface area contributed by atoms with Gasteiger partial charge in [-0.1, -0.05) is 35.3 Å². The Labute approximate surface area is 153 Å². The normalized spacial score (nSPS) is 10.7. The molecule has 0 bridgehead atoms. The van der Waals surface area contributed by atoms with Crippen LogP contribution in [0.15, 0.2) is 66.0 Å². The van der Waals surface area contributed by atoms with Crippen molar-refractivity contribution in [2.24, 2.45) is 5.10 Å². The summed E-state index contributed by atoms with van der Waals surface area (Å²) in [5, 5.41) is 17.9. The molecule has 0 aliphatic carbocycles. The van der Waals surface area contributed by atoms with E-state index in [1.807, 2.05) is 30.3 Å². The fraction of sp³-hybridized carbons (Fsp3) is 0.0588. The highest BCUT2D eigenvalue weighted by Crippen LogP contribution is 2.21. The van der Waals surface area contributed by atoms with Gasteiger partial charge in [-0.05, 0) is 34.8 Å². The van der Waals surface area contributed by atoms with Crippen LogP contribution >= 0.6 is 0 Å². The molecule has 0 aliphatic heterocycles. The molecule has 1 amide bonds. The first-order valence-corrected chi connectivity index (χ1v) is 7.79. The van der Waals surface area contributed by atoms with Gasteiger partial charge in [-0.3, -0.25) is 4.79 Å². The number of carbonyl (C=O) groups is 1. The third-order valence-corrected chi connectivity index (χ3v) is 3.23. The SMILES string of the molecule is O=C(Cn1cnc([N+](=O)[O-])n1)N/N=C\c1cccc(Oc2ccccc2)c1. The summed E-state index contributed by atoms with van der Waals surface area (Å²) in [6.45, 7) is -0.241. The molecule has 1 aromatic heterocycles. The van der Waals surface area contributed by atoms with Gasteiger partial charge in [0.1, 0.15) is 18.0 Å². The van der Waals surface area contributed by atoms with Crippen molar-refractivity contribution in [2.45, 2.75) is 6.54 Å². The number of benzene rings is 2. The molecule has 0 radical (unpaired) electrons. The Kier molecular flexibility index (Phi) is 5.48. The topological polar surface area (TPSA) is 125 Å². The molecule has 27 heavy (non-hydrogen) atoms. The Balaban J connectivity index is 1.55. The van der Waals surface area contributed by atoms with Gasteiger partial charge in [-0.2, -0.15) is 9.78 Å². The molecule has 2 aromatic carbocycles. The number of hydrazone groups is 1. The van der Waals surface area contributed by atoms with Crippen molar-refractivity contribution in [2.75, 3.05) is 0 Å². The van der Waals surface area contributed by atoms with Crippen LogP contribution in [0.1, 0.15) is 5.56 Å². The van der Waals surface area contributed by atoms with E-state index in [0.717, 1.165) is 16.6 Å². The number of rotatable bonds is 7. The van der Waals surface area contributed by atoms with Gasteiger partial charge in [0.25, 0.3) is 5.91 Å². The largest absolute Gasteiger partial charge is 0.490 e. The molecule has 0 saturated carbocycles. The standard InChI is InChI=1S/C17H14N6O4/c24-16(11-22-12-18-17(21-22)23(25)26)20-19-10-13-5-4-8-15(9-13)27-14-6-2-1-3-7-14/h1-10,12H,11H2,(H,20,24)/b19-10-. The predicted octanol–water partition coefficient (Wildman–Crippen LogP) is 2.13. The molecule has 0 atom stereocenters. The van der Waals surface area contributed by atoms with Gasteiger partial charge in [0.15, 0.2) is 0 Å². The molecule has 0 aliphatic rings. The summed E-state index contributed by atoms with van der Waals surface area (Å²) in [5.41, 5.74) is 3.04. The van der Waals surface area contributed by atoms with E-state index in [4.69, 9.17) is 4.74 Å². The summed E-state index contributed by atoms with van der Waals surface area (Å²) in [4.78, 5) is 25.0. The fourth-order valence-corrected chi connectivity index (χ4v) is 2.09. The van der Waals surface area contributed by atoms with Crippen molar-refractivity contribution < 1.29 is 14.5 Å². The third-order valence-electron chi connectivity index (χ3n) is 3.23. The van der Waals surface area contributed by atoms with E-state index in [2.05, 4.69) is 20.6 Å². The van der Waals surface area contributed by atoms with E-state index in [9.17, 15) is 14.9 Å². The van der Waals surface area contributed by atoms with E-state index < -0.39 is 16.8 Å². The maximum atomic E-state index is 11.8. The highest BCUT2D eigenvalue weighted by Gasteiger charge is 2.14. The fourth-order valence-electron chi connectivity index (χ4n) is 2.09. The monoisotopic (exact) mass is 366 g/mol. The summed E-state index contributed by atoms with van der Waals surface area (Å²) < 4.78 is 6.78. The van der Waals surface area contributed by atoms with Crippen LogP contribution in [-0.4, -0.2) is 31.8 Å². The molecule has 10 heteroatoms. The molecule has 1 heterocycles. The first-order chi connectivity index (χ1) is 13.1. The maximum absolute atomic E-state index is 11.8. The first kappa shape index (κ1) is 17.7. The van der Waals surface area contributed by atoms with Crippen molar-refractivity contribution in [3.63, 3.8) is 0 Å². The van der Waals surface area contributed by atoms with Crippen molar-refractivity contribution in [3.05, 3.63) is 76.6 Å². The van der Waals surface area contributed by atoms with Gasteiger partial charge in [-0.15, -0.1) is 0 Å². The Morgan fingerprint density at radius 1 is 1.22 bits per heavy atom. The minimum absolute atomic E-state index is 0.241. The van der Waals surface area contributed by atoms with Gasteiger partial charge in [-0.25, -0.2) is 5.43 Å². The minimum Gasteiger partial charge on any atom is -0.457 e. The summed E-state index contributed by atoms with van der Waals surface area (Å²) in [7, 11) is 0. The minimum atomic E-state index is -0.739. The number of nitro groups is 1. The number of amides is 1. The average Bonchev–Trinajstić information content (AvgIpc) is 3.12. The third kappa shape index (κ3) is 5.19. The van der Waals surface area contributed by atoms with E-state index in [1.165, 1.54) is 6.21 Å². The van der Waals surface area contributed by atoms with Crippen LogP contribution in [-0.2, 0) is 11.3 Å². The summed E-state index contributed by atoms with van der Waals surface area (Å²) >= 11 is 0. The lowest BCUT2D eigenvalue weighted by Gasteiger charge is -2.05. The Bertz CT molecular complexity index is 970. The van der Waals surface area contributed by atoms with Gasteiger partial charge in [0, 0.05) is 5.10 Å². The summed E-state index contributed by atoms with van der Waals surface area (Å²) in [6, 6.07) is 16.5. The van der Waals surface area contributed by atoms with E-state index in [0.29, 0.717) is 11.5 Å². The van der Waals surface area contributed by atoms with Crippen LogP contribution in [0.2, 0.25) is 0 Å². The highest BCUT2D eigenvalue weighted by atomic mass is 16.6. The molecule has 0 fully saturated rings. The van der Waals surface area contributed by atoms with Gasteiger partial charge < -0.3 is 14.9 Å². The number of hydrogen-bond donors (Lipinski definition) is 1. The molecule has 3 aromatic rings. The Morgan fingerprint density at radius 3 is 2.74 bits per heavy atom. The second kappa shape index (κ2) is 8.34. The van der Waals surface area contributed by atoms with Crippen molar-refractivity contribution >= 4 is 18.1 Å². The number of hydrogen-bond acceptors (Lipinski definition) is 7.